The molecule has 1 aromatic heterocycles. The maximum absolute atomic E-state index is 13.2. The Morgan fingerprint density at radius 3 is 2.31 bits per heavy atom. The van der Waals surface area contributed by atoms with Gasteiger partial charge in [-0.2, -0.15) is 0 Å². The maximum atomic E-state index is 13.2. The molecule has 2 aromatic carbocycles. The monoisotopic (exact) mass is 496 g/mol. The molecule has 3 N–H and O–H groups in total. The topological polar surface area (TPSA) is 129 Å². The fourth-order valence-electron chi connectivity index (χ4n) is 3.56. The lowest BCUT2D eigenvalue weighted by Gasteiger charge is -2.25. The normalized spacial score (nSPS) is 10.9. The molecule has 36 heavy (non-hydrogen) atoms. The Morgan fingerprint density at radius 2 is 1.67 bits per heavy atom. The van der Waals surface area contributed by atoms with Gasteiger partial charge in [0.1, 0.15) is 23.1 Å². The molecule has 0 radical (unpaired) electrons. The van der Waals surface area contributed by atoms with Crippen molar-refractivity contribution in [3.8, 4) is 17.2 Å². The van der Waals surface area contributed by atoms with Gasteiger partial charge >= 0.3 is 5.69 Å². The third-order valence-electron chi connectivity index (χ3n) is 5.23. The van der Waals surface area contributed by atoms with Crippen molar-refractivity contribution in [2.75, 3.05) is 37.5 Å². The number of H-pyrrole nitrogens is 1. The first-order valence-electron chi connectivity index (χ1n) is 11.7. The van der Waals surface area contributed by atoms with E-state index >= 15 is 0 Å². The highest BCUT2D eigenvalue weighted by Gasteiger charge is 2.24. The van der Waals surface area contributed by atoms with Crippen LogP contribution in [-0.4, -0.2) is 42.3 Å². The van der Waals surface area contributed by atoms with Gasteiger partial charge in [-0.3, -0.25) is 19.1 Å². The molecule has 0 unspecified atom stereocenters. The Labute approximate surface area is 209 Å². The number of hydrogen-bond donors (Lipinski definition) is 2. The van der Waals surface area contributed by atoms with Crippen LogP contribution in [0.4, 0.5) is 11.5 Å². The summed E-state index contributed by atoms with van der Waals surface area (Å²) in [5.41, 5.74) is 4.80. The van der Waals surface area contributed by atoms with E-state index in [9.17, 15) is 14.4 Å². The minimum atomic E-state index is -0.731. The molecule has 10 heteroatoms. The number of anilines is 2. The van der Waals surface area contributed by atoms with Gasteiger partial charge in [-0.25, -0.2) is 4.79 Å². The Morgan fingerprint density at radius 1 is 1.03 bits per heavy atom. The fourth-order valence-corrected chi connectivity index (χ4v) is 3.56. The van der Waals surface area contributed by atoms with Crippen molar-refractivity contribution in [3.05, 3.63) is 75.4 Å². The van der Waals surface area contributed by atoms with Crippen LogP contribution in [0.5, 0.6) is 17.2 Å². The predicted molar refractivity (Wildman–Crippen MR) is 138 cm³/mol. The average Bonchev–Trinajstić information content (AvgIpc) is 2.85. The lowest BCUT2D eigenvalue weighted by atomic mass is 10.2. The van der Waals surface area contributed by atoms with E-state index in [1.165, 1.54) is 9.47 Å². The van der Waals surface area contributed by atoms with Crippen molar-refractivity contribution in [2.45, 2.75) is 26.8 Å². The second-order valence-corrected chi connectivity index (χ2v) is 8.56. The largest absolute Gasteiger partial charge is 0.484 e. The zero-order valence-corrected chi connectivity index (χ0v) is 20.7. The molecule has 10 nitrogen and oxygen atoms in total. The number of carbonyl (C=O) groups is 1. The molecule has 1 heterocycles. The molecular weight excluding hydrogens is 464 g/mol. The summed E-state index contributed by atoms with van der Waals surface area (Å²) in [5.74, 6) is 1.32. The van der Waals surface area contributed by atoms with Gasteiger partial charge < -0.3 is 24.8 Å². The van der Waals surface area contributed by atoms with Crippen LogP contribution in [0.3, 0.4) is 0 Å². The third kappa shape index (κ3) is 6.98. The highest BCUT2D eigenvalue weighted by molar-refractivity contribution is 5.96. The number of ether oxygens (including phenoxy) is 3. The van der Waals surface area contributed by atoms with E-state index in [0.717, 1.165) is 0 Å². The fraction of sp³-hybridized carbons (Fsp3) is 0.346. The van der Waals surface area contributed by atoms with Crippen molar-refractivity contribution in [2.24, 2.45) is 5.92 Å². The number of nitrogens with zero attached hydrogens (tertiary/aromatic N) is 2. The zero-order valence-electron chi connectivity index (χ0n) is 20.7. The lowest BCUT2D eigenvalue weighted by molar-refractivity contribution is -0.120. The molecule has 192 valence electrons. The van der Waals surface area contributed by atoms with Crippen molar-refractivity contribution in [1.29, 1.82) is 0 Å². The second kappa shape index (κ2) is 12.6. The highest BCUT2D eigenvalue weighted by Crippen LogP contribution is 2.24. The number of carbonyl (C=O) groups excluding carboxylic acids is 1. The Hall–Kier alpha value is -4.05. The summed E-state index contributed by atoms with van der Waals surface area (Å²) in [7, 11) is 1.55. The molecule has 0 bridgehead atoms. The molecule has 0 saturated carbocycles. The lowest BCUT2D eigenvalue weighted by Crippen LogP contribution is -2.43. The number of methoxy groups -OCH3 is 1. The van der Waals surface area contributed by atoms with Crippen molar-refractivity contribution in [3.63, 3.8) is 0 Å². The van der Waals surface area contributed by atoms with Gasteiger partial charge in [0.05, 0.1) is 0 Å². The Bertz CT molecular complexity index is 1250. The van der Waals surface area contributed by atoms with Gasteiger partial charge in [-0.15, -0.1) is 0 Å². The van der Waals surface area contributed by atoms with Crippen molar-refractivity contribution < 1.29 is 19.0 Å². The number of rotatable bonds is 12. The van der Waals surface area contributed by atoms with Crippen LogP contribution in [0.2, 0.25) is 0 Å². The van der Waals surface area contributed by atoms with Crippen LogP contribution < -0.4 is 31.4 Å². The SMILES string of the molecule is COCCCN(C(=O)COc1ccc(Oc2ccccc2)cc1)c1c(N)n(CC(C)C)c(=O)[nH]c1=O. The molecule has 0 aliphatic heterocycles. The third-order valence-corrected chi connectivity index (χ3v) is 5.23. The number of nitrogens with one attached hydrogen (secondary N) is 1. The van der Waals surface area contributed by atoms with E-state index in [-0.39, 0.29) is 30.6 Å². The summed E-state index contributed by atoms with van der Waals surface area (Å²) in [6.07, 6.45) is 0.454. The smallest absolute Gasteiger partial charge is 0.330 e. The van der Waals surface area contributed by atoms with Crippen LogP contribution in [-0.2, 0) is 16.1 Å². The zero-order chi connectivity index (χ0) is 26.1. The minimum absolute atomic E-state index is 0.0642. The average molecular weight is 497 g/mol. The minimum Gasteiger partial charge on any atom is -0.484 e. The molecule has 1 amide bonds. The van der Waals surface area contributed by atoms with Crippen molar-refractivity contribution in [1.82, 2.24) is 9.55 Å². The number of nitrogen functional groups attached to an aromatic ring is 1. The van der Waals surface area contributed by atoms with E-state index in [2.05, 4.69) is 4.98 Å². The summed E-state index contributed by atoms with van der Waals surface area (Å²) in [4.78, 5) is 41.7. The van der Waals surface area contributed by atoms with E-state index in [4.69, 9.17) is 19.9 Å². The summed E-state index contributed by atoms with van der Waals surface area (Å²) >= 11 is 0. The van der Waals surface area contributed by atoms with Gasteiger partial charge in [0.15, 0.2) is 12.3 Å². The molecule has 0 aliphatic rings. The van der Waals surface area contributed by atoms with Gasteiger partial charge in [0.2, 0.25) is 0 Å². The van der Waals surface area contributed by atoms with Gasteiger partial charge in [0.25, 0.3) is 11.5 Å². The van der Waals surface area contributed by atoms with Crippen LogP contribution in [0.1, 0.15) is 20.3 Å². The molecule has 0 saturated heterocycles. The summed E-state index contributed by atoms with van der Waals surface area (Å²) in [5, 5.41) is 0. The summed E-state index contributed by atoms with van der Waals surface area (Å²) in [6, 6.07) is 16.2. The number of amides is 1. The van der Waals surface area contributed by atoms with Crippen LogP contribution >= 0.6 is 0 Å². The van der Waals surface area contributed by atoms with Gasteiger partial charge in [0, 0.05) is 26.8 Å². The molecule has 0 fully saturated rings. The van der Waals surface area contributed by atoms with Crippen LogP contribution in [0, 0.1) is 5.92 Å². The summed E-state index contributed by atoms with van der Waals surface area (Å²) in [6.45, 7) is 4.32. The number of aromatic nitrogens is 2. The Balaban J connectivity index is 1.77. The van der Waals surface area contributed by atoms with E-state index in [1.54, 1.807) is 31.4 Å². The van der Waals surface area contributed by atoms with E-state index in [1.807, 2.05) is 44.2 Å². The predicted octanol–water partition coefficient (Wildman–Crippen LogP) is 3.02. The van der Waals surface area contributed by atoms with Gasteiger partial charge in [-0.1, -0.05) is 32.0 Å². The number of nitrogens with two attached hydrogens (primary N) is 1. The van der Waals surface area contributed by atoms with E-state index in [0.29, 0.717) is 36.8 Å². The number of hydrogen-bond acceptors (Lipinski definition) is 7. The van der Waals surface area contributed by atoms with Crippen molar-refractivity contribution >= 4 is 17.4 Å². The first-order valence-corrected chi connectivity index (χ1v) is 11.7. The van der Waals surface area contributed by atoms with Crippen LogP contribution in [0.25, 0.3) is 0 Å². The standard InChI is InChI=1S/C26H32N4O6/c1-18(2)16-30-24(27)23(25(32)28-26(30)33)29(14-7-15-34-3)22(31)17-35-19-10-12-21(13-11-19)36-20-8-5-4-6-9-20/h4-6,8-13,18H,7,14-17,27H2,1-3H3,(H,28,32,33). The quantitative estimate of drug-likeness (QED) is 0.369. The number of aromatic amines is 1. The first kappa shape index (κ1) is 26.6. The first-order chi connectivity index (χ1) is 17.3. The summed E-state index contributed by atoms with van der Waals surface area (Å²) < 4.78 is 17.8. The molecule has 0 atom stereocenters. The molecule has 3 aromatic rings. The maximum Gasteiger partial charge on any atom is 0.330 e. The Kier molecular flexibility index (Phi) is 9.29. The number of para-hydroxylation sites is 1. The second-order valence-electron chi connectivity index (χ2n) is 8.56. The molecule has 3 rings (SSSR count). The number of benzene rings is 2. The molecule has 0 aliphatic carbocycles. The molecule has 0 spiro atoms. The molecular formula is C26H32N4O6. The highest BCUT2D eigenvalue weighted by atomic mass is 16.5. The van der Waals surface area contributed by atoms with E-state index < -0.39 is 17.2 Å². The van der Waals surface area contributed by atoms with Gasteiger partial charge in [-0.05, 0) is 48.7 Å². The van der Waals surface area contributed by atoms with Crippen LogP contribution in [0.15, 0.2) is 64.2 Å².